The number of anilines is 1. The zero-order valence-electron chi connectivity index (χ0n) is 21.0. The number of nitrogens with one attached hydrogen (secondary N) is 1. The van der Waals surface area contributed by atoms with Crippen molar-refractivity contribution in [3.05, 3.63) is 78.3 Å². The van der Waals surface area contributed by atoms with Gasteiger partial charge in [0, 0.05) is 46.5 Å². The fourth-order valence-electron chi connectivity index (χ4n) is 6.21. The number of nitrogens with two attached hydrogens (primary N) is 1. The second-order valence-electron chi connectivity index (χ2n) is 10.2. The van der Waals surface area contributed by atoms with Gasteiger partial charge in [-0.2, -0.15) is 14.7 Å². The van der Waals surface area contributed by atoms with Crippen LogP contribution in [-0.2, 0) is 0 Å². The quantitative estimate of drug-likeness (QED) is 0.377. The molecule has 2 fully saturated rings. The average Bonchev–Trinajstić information content (AvgIpc) is 3.69. The summed E-state index contributed by atoms with van der Waals surface area (Å²) in [7, 11) is 0. The summed E-state index contributed by atoms with van der Waals surface area (Å²) in [5, 5.41) is 11.1. The molecular weight excluding hydrogens is 478 g/mol. The van der Waals surface area contributed by atoms with E-state index >= 15 is 0 Å². The normalized spacial score (nSPS) is 20.8. The Morgan fingerprint density at radius 3 is 2.47 bits per heavy atom. The molecule has 6 heterocycles. The van der Waals surface area contributed by atoms with Crippen LogP contribution in [0.25, 0.3) is 28.0 Å². The van der Waals surface area contributed by atoms with E-state index in [1.54, 1.807) is 4.52 Å². The van der Waals surface area contributed by atoms with E-state index in [4.69, 9.17) is 15.7 Å². The maximum atomic E-state index is 13.1. The summed E-state index contributed by atoms with van der Waals surface area (Å²) in [5.74, 6) is 1.03. The lowest BCUT2D eigenvalue weighted by Gasteiger charge is -2.38. The van der Waals surface area contributed by atoms with E-state index in [-0.39, 0.29) is 23.9 Å². The van der Waals surface area contributed by atoms with Crippen LogP contribution in [0.4, 0.5) is 5.82 Å². The van der Waals surface area contributed by atoms with Gasteiger partial charge in [0.1, 0.15) is 12.1 Å². The van der Waals surface area contributed by atoms with E-state index < -0.39 is 0 Å². The summed E-state index contributed by atoms with van der Waals surface area (Å²) in [6, 6.07) is 14.5. The van der Waals surface area contributed by atoms with Gasteiger partial charge in [0.25, 0.3) is 5.91 Å². The minimum absolute atomic E-state index is 0.0716. The highest BCUT2D eigenvalue weighted by Gasteiger charge is 2.45. The van der Waals surface area contributed by atoms with E-state index in [2.05, 4.69) is 26.3 Å². The maximum absolute atomic E-state index is 13.1. The van der Waals surface area contributed by atoms with E-state index in [1.165, 1.54) is 6.33 Å². The minimum Gasteiger partial charge on any atom is -0.383 e. The van der Waals surface area contributed by atoms with Crippen molar-refractivity contribution in [1.82, 2.24) is 39.7 Å². The van der Waals surface area contributed by atoms with Crippen LogP contribution in [-0.4, -0.2) is 57.7 Å². The van der Waals surface area contributed by atoms with Crippen LogP contribution in [0.5, 0.6) is 0 Å². The number of amides is 1. The Morgan fingerprint density at radius 1 is 1.00 bits per heavy atom. The Labute approximate surface area is 218 Å². The topological polar surface area (TPSA) is 131 Å². The second-order valence-corrected chi connectivity index (χ2v) is 10.2. The molecule has 190 valence electrons. The number of nitrogens with zero attached hydrogens (tertiary/aromatic N) is 7. The summed E-state index contributed by atoms with van der Waals surface area (Å²) >= 11 is 0. The molecule has 2 aliphatic rings. The molecule has 1 amide bonds. The van der Waals surface area contributed by atoms with Crippen LogP contribution in [0.15, 0.2) is 61.2 Å². The second kappa shape index (κ2) is 8.76. The number of hydrogen-bond donors (Lipinski definition) is 2. The number of fused-ring (bicyclic) bond motifs is 3. The van der Waals surface area contributed by atoms with E-state index in [1.807, 2.05) is 60.6 Å². The third-order valence-corrected chi connectivity index (χ3v) is 8.08. The smallest absolute Gasteiger partial charge is 0.291 e. The Bertz CT molecular complexity index is 1610. The van der Waals surface area contributed by atoms with Gasteiger partial charge in [0.05, 0.1) is 17.6 Å². The molecule has 1 aromatic carbocycles. The molecule has 2 saturated heterocycles. The summed E-state index contributed by atoms with van der Waals surface area (Å²) in [6.45, 7) is 2.02. The molecule has 0 spiro atoms. The van der Waals surface area contributed by atoms with Gasteiger partial charge >= 0.3 is 0 Å². The predicted molar refractivity (Wildman–Crippen MR) is 142 cm³/mol. The fourth-order valence-corrected chi connectivity index (χ4v) is 6.21. The molecule has 0 aliphatic carbocycles. The standard InChI is InChI=1S/C28H27N9O/c1-16-24(19-11-20-8-9-21(12-19)36(20)28(38)26-31-15-32-35-26)34-27-22(14-33-37(27)25(16)29)18-7-10-23(30-13-18)17-5-3-2-4-6-17/h2-7,10,13-15,19-21H,8-9,11-12,29H2,1H3,(H,31,32,35)/t19?,20-,21+. The van der Waals surface area contributed by atoms with E-state index in [9.17, 15) is 4.79 Å². The first-order valence-corrected chi connectivity index (χ1v) is 12.9. The predicted octanol–water partition coefficient (Wildman–Crippen LogP) is 4.02. The lowest BCUT2D eigenvalue weighted by atomic mass is 9.86. The molecule has 10 nitrogen and oxygen atoms in total. The van der Waals surface area contributed by atoms with Crippen LogP contribution in [0, 0.1) is 6.92 Å². The highest BCUT2D eigenvalue weighted by atomic mass is 16.2. The number of pyridine rings is 1. The van der Waals surface area contributed by atoms with Gasteiger partial charge in [-0.3, -0.25) is 14.9 Å². The molecule has 2 bridgehead atoms. The molecule has 38 heavy (non-hydrogen) atoms. The van der Waals surface area contributed by atoms with Crippen molar-refractivity contribution in [3.8, 4) is 22.4 Å². The number of rotatable bonds is 4. The number of H-pyrrole nitrogens is 1. The summed E-state index contributed by atoms with van der Waals surface area (Å²) < 4.78 is 1.72. The number of benzene rings is 1. The monoisotopic (exact) mass is 505 g/mol. The fraction of sp³-hybridized carbons (Fsp3) is 0.286. The number of piperidine rings is 1. The Morgan fingerprint density at radius 2 is 1.79 bits per heavy atom. The van der Waals surface area contributed by atoms with Crippen molar-refractivity contribution in [2.75, 3.05) is 5.73 Å². The van der Waals surface area contributed by atoms with Gasteiger partial charge in [-0.1, -0.05) is 36.4 Å². The Hall–Kier alpha value is -4.60. The van der Waals surface area contributed by atoms with Gasteiger partial charge < -0.3 is 10.6 Å². The number of carbonyl (C=O) groups excluding carboxylic acids is 1. The minimum atomic E-state index is -0.0716. The summed E-state index contributed by atoms with van der Waals surface area (Å²) in [6.07, 6.45) is 8.70. The number of nitrogen functional groups attached to an aromatic ring is 1. The molecule has 4 aromatic heterocycles. The number of aromatic nitrogens is 7. The molecule has 10 heteroatoms. The van der Waals surface area contributed by atoms with Gasteiger partial charge in [0.2, 0.25) is 5.82 Å². The van der Waals surface area contributed by atoms with Crippen LogP contribution in [0.2, 0.25) is 0 Å². The first-order valence-electron chi connectivity index (χ1n) is 12.9. The van der Waals surface area contributed by atoms with Gasteiger partial charge in [-0.05, 0) is 38.7 Å². The maximum Gasteiger partial charge on any atom is 0.291 e. The number of hydrogen-bond acceptors (Lipinski definition) is 7. The molecule has 1 unspecified atom stereocenters. The van der Waals surface area contributed by atoms with E-state index in [0.717, 1.165) is 65.0 Å². The zero-order valence-corrected chi connectivity index (χ0v) is 21.0. The van der Waals surface area contributed by atoms with Crippen molar-refractivity contribution in [2.45, 2.75) is 50.6 Å². The zero-order chi connectivity index (χ0) is 25.8. The van der Waals surface area contributed by atoms with Gasteiger partial charge in [-0.15, -0.1) is 0 Å². The number of carbonyl (C=O) groups is 1. The van der Waals surface area contributed by atoms with Crippen molar-refractivity contribution in [2.24, 2.45) is 0 Å². The number of aromatic amines is 1. The lowest BCUT2D eigenvalue weighted by Crippen LogP contribution is -2.46. The lowest BCUT2D eigenvalue weighted by molar-refractivity contribution is 0.0557. The molecular formula is C28H27N9O. The highest BCUT2D eigenvalue weighted by molar-refractivity contribution is 5.91. The first kappa shape index (κ1) is 22.6. The summed E-state index contributed by atoms with van der Waals surface area (Å²) in [5.41, 5.74) is 13.1. The highest BCUT2D eigenvalue weighted by Crippen LogP contribution is 2.44. The third kappa shape index (κ3) is 3.55. The Kier molecular flexibility index (Phi) is 5.20. The molecule has 3 N–H and O–H groups in total. The summed E-state index contributed by atoms with van der Waals surface area (Å²) in [4.78, 5) is 29.0. The first-order chi connectivity index (χ1) is 18.6. The molecule has 2 aliphatic heterocycles. The van der Waals surface area contributed by atoms with Crippen LogP contribution >= 0.6 is 0 Å². The van der Waals surface area contributed by atoms with Crippen molar-refractivity contribution in [3.63, 3.8) is 0 Å². The molecule has 0 radical (unpaired) electrons. The van der Waals surface area contributed by atoms with Gasteiger partial charge in [0.15, 0.2) is 5.65 Å². The Balaban J connectivity index is 1.22. The molecule has 5 aromatic rings. The van der Waals surface area contributed by atoms with Crippen LogP contribution < -0.4 is 5.73 Å². The van der Waals surface area contributed by atoms with Crippen molar-refractivity contribution in [1.29, 1.82) is 0 Å². The van der Waals surface area contributed by atoms with E-state index in [0.29, 0.717) is 11.6 Å². The van der Waals surface area contributed by atoms with Crippen molar-refractivity contribution < 1.29 is 4.79 Å². The largest absolute Gasteiger partial charge is 0.383 e. The third-order valence-electron chi connectivity index (χ3n) is 8.08. The molecule has 3 atom stereocenters. The average molecular weight is 506 g/mol. The molecule has 0 saturated carbocycles. The van der Waals surface area contributed by atoms with Crippen LogP contribution in [0.1, 0.15) is 53.5 Å². The van der Waals surface area contributed by atoms with Crippen LogP contribution in [0.3, 0.4) is 0 Å². The SMILES string of the molecule is Cc1c(C2C[C@H]3CC[C@@H](C2)N3C(=O)c2ncn[nH]2)nc2c(-c3ccc(-c4ccccc4)nc3)cnn2c1N. The van der Waals surface area contributed by atoms with Gasteiger partial charge in [-0.25, -0.2) is 9.97 Å². The van der Waals surface area contributed by atoms with Crippen molar-refractivity contribution >= 4 is 17.4 Å². The molecule has 7 rings (SSSR count).